The second-order valence-electron chi connectivity index (χ2n) is 6.38. The van der Waals surface area contributed by atoms with Crippen molar-refractivity contribution in [2.45, 2.75) is 25.9 Å². The second kappa shape index (κ2) is 8.56. The van der Waals surface area contributed by atoms with Gasteiger partial charge in [-0.3, -0.25) is 9.59 Å². The highest BCUT2D eigenvalue weighted by Gasteiger charge is 2.20. The van der Waals surface area contributed by atoms with Gasteiger partial charge in [-0.1, -0.05) is 0 Å². The number of hydrogen-bond acceptors (Lipinski definition) is 6. The summed E-state index contributed by atoms with van der Waals surface area (Å²) in [4.78, 5) is 35.7. The Morgan fingerprint density at radius 2 is 1.79 bits per heavy atom. The Morgan fingerprint density at radius 1 is 1.07 bits per heavy atom. The van der Waals surface area contributed by atoms with Gasteiger partial charge in [-0.2, -0.15) is 0 Å². The molecule has 0 aromatic heterocycles. The van der Waals surface area contributed by atoms with Crippen molar-refractivity contribution in [2.24, 2.45) is 0 Å². The van der Waals surface area contributed by atoms with Gasteiger partial charge in [0, 0.05) is 17.7 Å². The molecule has 1 atom stereocenters. The van der Waals surface area contributed by atoms with Gasteiger partial charge in [-0.15, -0.1) is 0 Å². The van der Waals surface area contributed by atoms with Crippen LogP contribution < -0.4 is 14.8 Å². The fourth-order valence-corrected chi connectivity index (χ4v) is 2.87. The number of anilines is 1. The van der Waals surface area contributed by atoms with Crippen LogP contribution in [0.5, 0.6) is 11.5 Å². The first kappa shape index (κ1) is 19.4. The minimum atomic E-state index is -0.928. The number of carbonyl (C=O) groups is 3. The summed E-state index contributed by atoms with van der Waals surface area (Å²) in [6.07, 6.45) is 0.114. The van der Waals surface area contributed by atoms with E-state index in [1.165, 1.54) is 6.92 Å². The quantitative estimate of drug-likeness (QED) is 0.584. The van der Waals surface area contributed by atoms with Crippen LogP contribution in [0.25, 0.3) is 0 Å². The molecule has 28 heavy (non-hydrogen) atoms. The van der Waals surface area contributed by atoms with E-state index in [0.717, 1.165) is 11.3 Å². The van der Waals surface area contributed by atoms with Crippen molar-refractivity contribution in [1.82, 2.24) is 0 Å². The van der Waals surface area contributed by atoms with E-state index in [9.17, 15) is 14.4 Å². The van der Waals surface area contributed by atoms with Crippen LogP contribution in [0, 0.1) is 0 Å². The minimum absolute atomic E-state index is 0.0136. The molecule has 1 aliphatic heterocycles. The van der Waals surface area contributed by atoms with Crippen LogP contribution in [-0.2, 0) is 20.7 Å². The van der Waals surface area contributed by atoms with Gasteiger partial charge in [0.1, 0.15) is 11.5 Å². The Kier molecular flexibility index (Phi) is 5.93. The molecule has 0 spiro atoms. The Bertz CT molecular complexity index is 890. The highest BCUT2D eigenvalue weighted by atomic mass is 16.6. The lowest BCUT2D eigenvalue weighted by atomic mass is 10.0. The number of aryl methyl sites for hydroxylation is 1. The molecule has 146 valence electrons. The Balaban J connectivity index is 1.52. The molecule has 0 saturated heterocycles. The third-order valence-corrected chi connectivity index (χ3v) is 4.38. The molecule has 2 aromatic rings. The van der Waals surface area contributed by atoms with Crippen molar-refractivity contribution < 1.29 is 28.6 Å². The number of hydrogen-bond donors (Lipinski definition) is 1. The molecule has 1 heterocycles. The van der Waals surface area contributed by atoms with E-state index < -0.39 is 12.1 Å². The average molecular weight is 383 g/mol. The fourth-order valence-electron chi connectivity index (χ4n) is 2.87. The van der Waals surface area contributed by atoms with Gasteiger partial charge in [0.25, 0.3) is 0 Å². The number of amides is 1. The van der Waals surface area contributed by atoms with Gasteiger partial charge in [-0.05, 0) is 61.4 Å². The molecular weight excluding hydrogens is 362 g/mol. The lowest BCUT2D eigenvalue weighted by molar-refractivity contribution is -0.148. The molecule has 3 rings (SSSR count). The molecule has 0 fully saturated rings. The van der Waals surface area contributed by atoms with E-state index in [4.69, 9.17) is 14.2 Å². The van der Waals surface area contributed by atoms with Crippen LogP contribution in [0.15, 0.2) is 42.5 Å². The highest BCUT2D eigenvalue weighted by molar-refractivity contribution is 6.00. The van der Waals surface area contributed by atoms with Crippen LogP contribution in [0.3, 0.4) is 0 Å². The summed E-state index contributed by atoms with van der Waals surface area (Å²) < 4.78 is 15.7. The van der Waals surface area contributed by atoms with Crippen molar-refractivity contribution >= 4 is 23.3 Å². The summed E-state index contributed by atoms with van der Waals surface area (Å²) in [5.74, 6) is 0.182. The van der Waals surface area contributed by atoms with Crippen molar-refractivity contribution in [3.63, 3.8) is 0 Å². The first-order valence-electron chi connectivity index (χ1n) is 8.89. The molecule has 0 aliphatic carbocycles. The Morgan fingerprint density at radius 3 is 2.50 bits per heavy atom. The van der Waals surface area contributed by atoms with Gasteiger partial charge in [0.2, 0.25) is 11.7 Å². The van der Waals surface area contributed by atoms with E-state index in [1.807, 2.05) is 0 Å². The number of nitrogens with one attached hydrogen (secondary N) is 1. The Hall–Kier alpha value is -3.35. The summed E-state index contributed by atoms with van der Waals surface area (Å²) >= 11 is 0. The minimum Gasteiger partial charge on any atom is -0.497 e. The summed E-state index contributed by atoms with van der Waals surface area (Å²) in [7, 11) is 1.54. The molecule has 1 aliphatic rings. The van der Waals surface area contributed by atoms with Crippen molar-refractivity contribution in [1.29, 1.82) is 0 Å². The smallest absolute Gasteiger partial charge is 0.344 e. The largest absolute Gasteiger partial charge is 0.497 e. The average Bonchev–Trinajstić information content (AvgIpc) is 2.71. The normalized spacial score (nSPS) is 13.7. The van der Waals surface area contributed by atoms with Crippen molar-refractivity contribution in [3.05, 3.63) is 53.6 Å². The van der Waals surface area contributed by atoms with E-state index in [0.29, 0.717) is 29.9 Å². The van der Waals surface area contributed by atoms with Gasteiger partial charge in [0.15, 0.2) is 12.7 Å². The van der Waals surface area contributed by atoms with E-state index in [2.05, 4.69) is 5.32 Å². The monoisotopic (exact) mass is 383 g/mol. The van der Waals surface area contributed by atoms with Crippen LogP contribution in [0.4, 0.5) is 5.69 Å². The molecule has 7 heteroatoms. The topological polar surface area (TPSA) is 90.9 Å². The summed E-state index contributed by atoms with van der Waals surface area (Å²) in [6, 6.07) is 11.8. The molecule has 0 saturated carbocycles. The zero-order chi connectivity index (χ0) is 20.1. The van der Waals surface area contributed by atoms with Crippen molar-refractivity contribution in [3.8, 4) is 11.5 Å². The molecule has 7 nitrogen and oxygen atoms in total. The Labute approximate surface area is 162 Å². The second-order valence-corrected chi connectivity index (χ2v) is 6.38. The molecule has 1 amide bonds. The van der Waals surface area contributed by atoms with E-state index in [1.54, 1.807) is 49.6 Å². The van der Waals surface area contributed by atoms with Crippen molar-refractivity contribution in [2.75, 3.05) is 19.0 Å². The molecule has 2 aromatic carbocycles. The number of esters is 1. The summed E-state index contributed by atoms with van der Waals surface area (Å²) in [6.45, 7) is 1.21. The number of methoxy groups -OCH3 is 1. The summed E-state index contributed by atoms with van der Waals surface area (Å²) in [5, 5.41) is 2.78. The SMILES string of the molecule is COc1ccc(C(=O)C(C)OC(=O)COc2ccc3c(c2)CCC(=O)N3)cc1. The van der Waals surface area contributed by atoms with Crippen LogP contribution in [0.2, 0.25) is 0 Å². The van der Waals surface area contributed by atoms with Gasteiger partial charge in [-0.25, -0.2) is 4.79 Å². The first-order valence-corrected chi connectivity index (χ1v) is 8.89. The maximum atomic E-state index is 12.3. The van der Waals surface area contributed by atoms with E-state index in [-0.39, 0.29) is 18.3 Å². The standard InChI is InChI=1S/C21H21NO6/c1-13(21(25)14-3-6-16(26-2)7-4-14)28-20(24)12-27-17-8-9-18-15(11-17)5-10-19(23)22-18/h3-4,6-9,11,13H,5,10,12H2,1-2H3,(H,22,23). The van der Waals surface area contributed by atoms with Crippen LogP contribution in [0.1, 0.15) is 29.3 Å². The molecular formula is C21H21NO6. The predicted octanol–water partition coefficient (Wildman–Crippen LogP) is 2.77. The van der Waals surface area contributed by atoms with Crippen LogP contribution >= 0.6 is 0 Å². The number of Topliss-reactive ketones (excluding diaryl/α,β-unsaturated/α-hetero) is 1. The fraction of sp³-hybridized carbons (Fsp3) is 0.286. The molecule has 0 bridgehead atoms. The van der Waals surface area contributed by atoms with Crippen LogP contribution in [-0.4, -0.2) is 37.5 Å². The number of ether oxygens (including phenoxy) is 3. The zero-order valence-electron chi connectivity index (χ0n) is 15.7. The molecule has 1 unspecified atom stereocenters. The third-order valence-electron chi connectivity index (χ3n) is 4.38. The summed E-state index contributed by atoms with van der Waals surface area (Å²) in [5.41, 5.74) is 2.14. The van der Waals surface area contributed by atoms with E-state index >= 15 is 0 Å². The highest BCUT2D eigenvalue weighted by Crippen LogP contribution is 2.26. The number of benzene rings is 2. The predicted molar refractivity (Wildman–Crippen MR) is 102 cm³/mol. The maximum Gasteiger partial charge on any atom is 0.344 e. The van der Waals surface area contributed by atoms with Gasteiger partial charge < -0.3 is 19.5 Å². The molecule has 1 N–H and O–H groups in total. The molecule has 0 radical (unpaired) electrons. The lowest BCUT2D eigenvalue weighted by Crippen LogP contribution is -2.27. The first-order chi connectivity index (χ1) is 13.5. The number of ketones is 1. The third kappa shape index (κ3) is 4.68. The van der Waals surface area contributed by atoms with Gasteiger partial charge in [0.05, 0.1) is 7.11 Å². The number of carbonyl (C=O) groups excluding carboxylic acids is 3. The maximum absolute atomic E-state index is 12.3. The zero-order valence-corrected chi connectivity index (χ0v) is 15.7. The number of fused-ring (bicyclic) bond motifs is 1. The van der Waals surface area contributed by atoms with Gasteiger partial charge >= 0.3 is 5.97 Å². The number of rotatable bonds is 7. The lowest BCUT2D eigenvalue weighted by Gasteiger charge is -2.18.